The van der Waals surface area contributed by atoms with Crippen molar-refractivity contribution in [2.75, 3.05) is 39.1 Å². The molecule has 4 rings (SSSR count). The van der Waals surface area contributed by atoms with Crippen molar-refractivity contribution in [2.24, 2.45) is 0 Å². The molecule has 9 heteroatoms. The third-order valence-electron chi connectivity index (χ3n) is 6.51. The predicted molar refractivity (Wildman–Crippen MR) is 132 cm³/mol. The Morgan fingerprint density at radius 3 is 2.08 bits per heavy atom. The monoisotopic (exact) mass is 520 g/mol. The third-order valence-corrected chi connectivity index (χ3v) is 8.30. The van der Waals surface area contributed by atoms with Crippen molar-refractivity contribution < 1.29 is 26.0 Å². The van der Waals surface area contributed by atoms with E-state index in [2.05, 4.69) is 4.90 Å². The van der Waals surface area contributed by atoms with Gasteiger partial charge in [-0.2, -0.15) is 13.2 Å². The molecular weight excluding hydrogens is 492 g/mol. The fourth-order valence-electron chi connectivity index (χ4n) is 4.48. The number of sulfone groups is 1. The minimum absolute atomic E-state index is 0.0382. The molecule has 192 valence electrons. The zero-order valence-electron chi connectivity index (χ0n) is 20.4. The van der Waals surface area contributed by atoms with Crippen LogP contribution in [0, 0.1) is 5.82 Å². The molecule has 1 aliphatic heterocycles. The van der Waals surface area contributed by atoms with Gasteiger partial charge in [-0.05, 0) is 91.0 Å². The van der Waals surface area contributed by atoms with Crippen molar-refractivity contribution in [1.82, 2.24) is 4.90 Å². The van der Waals surface area contributed by atoms with Crippen LogP contribution in [-0.2, 0) is 35.3 Å². The smallest absolute Gasteiger partial charge is 0.377 e. The van der Waals surface area contributed by atoms with E-state index in [0.29, 0.717) is 17.3 Å². The Morgan fingerprint density at radius 2 is 1.50 bits per heavy atom. The molecule has 0 bridgehead atoms. The standard InChI is InChI=1S/C27H28F4N2O2S/c1-32(2)25-15-20-8-10-33(3)11-9-21(20)16-26(25)36(34,35)24-6-4-18(5-7-24)12-19-13-22(27(29,30)31)17-23(28)14-19/h4-7,13-17H,8-12H2,1-3H3. The van der Waals surface area contributed by atoms with Gasteiger partial charge in [-0.3, -0.25) is 0 Å². The highest BCUT2D eigenvalue weighted by molar-refractivity contribution is 7.91. The van der Waals surface area contributed by atoms with Gasteiger partial charge >= 0.3 is 6.18 Å². The van der Waals surface area contributed by atoms with Crippen molar-refractivity contribution in [3.05, 3.63) is 88.2 Å². The molecule has 1 aliphatic rings. The van der Waals surface area contributed by atoms with Gasteiger partial charge < -0.3 is 9.80 Å². The van der Waals surface area contributed by atoms with E-state index in [1.165, 1.54) is 12.1 Å². The van der Waals surface area contributed by atoms with Crippen molar-refractivity contribution >= 4 is 15.5 Å². The van der Waals surface area contributed by atoms with E-state index in [1.807, 2.05) is 13.1 Å². The molecule has 0 N–H and O–H groups in total. The quantitative estimate of drug-likeness (QED) is 0.425. The first-order valence-corrected chi connectivity index (χ1v) is 13.1. The first-order chi connectivity index (χ1) is 16.8. The highest BCUT2D eigenvalue weighted by Gasteiger charge is 2.31. The van der Waals surface area contributed by atoms with Crippen molar-refractivity contribution in [2.45, 2.75) is 35.2 Å². The maximum atomic E-state index is 13.8. The summed E-state index contributed by atoms with van der Waals surface area (Å²) < 4.78 is 80.1. The highest BCUT2D eigenvalue weighted by Crippen LogP contribution is 2.34. The second kappa shape index (κ2) is 9.86. The van der Waals surface area contributed by atoms with Crippen molar-refractivity contribution in [3.8, 4) is 0 Å². The van der Waals surface area contributed by atoms with Crippen LogP contribution in [0.15, 0.2) is 64.4 Å². The summed E-state index contributed by atoms with van der Waals surface area (Å²) in [5, 5.41) is 0. The second-order valence-electron chi connectivity index (χ2n) is 9.46. The van der Waals surface area contributed by atoms with Gasteiger partial charge in [0.25, 0.3) is 0 Å². The molecule has 3 aromatic carbocycles. The summed E-state index contributed by atoms with van der Waals surface area (Å²) in [6.45, 7) is 1.75. The number of anilines is 1. The van der Waals surface area contributed by atoms with Crippen LogP contribution in [0.2, 0.25) is 0 Å². The number of alkyl halides is 3. The number of fused-ring (bicyclic) bond motifs is 1. The molecule has 0 aromatic heterocycles. The Kier molecular flexibility index (Phi) is 7.16. The molecule has 0 saturated carbocycles. The third kappa shape index (κ3) is 5.57. The van der Waals surface area contributed by atoms with E-state index >= 15 is 0 Å². The Bertz CT molecular complexity index is 1370. The molecule has 1 heterocycles. The number of likely N-dealkylation sites (N-methyl/N-ethyl adjacent to an activating group) is 1. The van der Waals surface area contributed by atoms with Crippen molar-refractivity contribution in [1.29, 1.82) is 0 Å². The Balaban J connectivity index is 1.66. The van der Waals surface area contributed by atoms with E-state index in [4.69, 9.17) is 0 Å². The lowest BCUT2D eigenvalue weighted by Crippen LogP contribution is -2.20. The van der Waals surface area contributed by atoms with Crippen LogP contribution in [0.25, 0.3) is 0 Å². The lowest BCUT2D eigenvalue weighted by Gasteiger charge is -2.21. The summed E-state index contributed by atoms with van der Waals surface area (Å²) in [7, 11) is 1.80. The molecule has 0 unspecified atom stereocenters. The molecule has 0 amide bonds. The van der Waals surface area contributed by atoms with Gasteiger partial charge in [-0.1, -0.05) is 12.1 Å². The molecule has 0 radical (unpaired) electrons. The first-order valence-electron chi connectivity index (χ1n) is 11.6. The summed E-state index contributed by atoms with van der Waals surface area (Å²) >= 11 is 0. The predicted octanol–water partition coefficient (Wildman–Crippen LogP) is 5.36. The van der Waals surface area contributed by atoms with Gasteiger partial charge in [0.05, 0.1) is 21.0 Å². The zero-order valence-corrected chi connectivity index (χ0v) is 21.2. The summed E-state index contributed by atoms with van der Waals surface area (Å²) in [5.41, 5.74) is 2.45. The molecule has 0 aliphatic carbocycles. The van der Waals surface area contributed by atoms with E-state index in [1.54, 1.807) is 37.2 Å². The van der Waals surface area contributed by atoms with Crippen LogP contribution in [0.3, 0.4) is 0 Å². The number of benzene rings is 3. The van der Waals surface area contributed by atoms with Crippen LogP contribution in [0.5, 0.6) is 0 Å². The summed E-state index contributed by atoms with van der Waals surface area (Å²) in [6.07, 6.45) is -3.01. The average Bonchev–Trinajstić information content (AvgIpc) is 2.98. The van der Waals surface area contributed by atoms with E-state index in [-0.39, 0.29) is 21.8 Å². The summed E-state index contributed by atoms with van der Waals surface area (Å²) in [5.74, 6) is -0.968. The molecule has 3 aromatic rings. The average molecular weight is 521 g/mol. The first kappa shape index (κ1) is 26.2. The lowest BCUT2D eigenvalue weighted by atomic mass is 10.0. The molecule has 0 fully saturated rings. The molecule has 4 nitrogen and oxygen atoms in total. The maximum Gasteiger partial charge on any atom is 0.416 e. The van der Waals surface area contributed by atoms with Crippen LogP contribution in [-0.4, -0.2) is 47.6 Å². The summed E-state index contributed by atoms with van der Waals surface area (Å²) in [6, 6.07) is 12.2. The lowest BCUT2D eigenvalue weighted by molar-refractivity contribution is -0.137. The van der Waals surface area contributed by atoms with Gasteiger partial charge in [0.2, 0.25) is 9.84 Å². The molecule has 0 atom stereocenters. The highest BCUT2D eigenvalue weighted by atomic mass is 32.2. The Morgan fingerprint density at radius 1 is 0.889 bits per heavy atom. The molecule has 0 saturated heterocycles. The van der Waals surface area contributed by atoms with Gasteiger partial charge in [-0.15, -0.1) is 0 Å². The van der Waals surface area contributed by atoms with Gasteiger partial charge in [0, 0.05) is 27.2 Å². The van der Waals surface area contributed by atoms with Crippen LogP contribution in [0.4, 0.5) is 23.2 Å². The number of rotatable bonds is 5. The summed E-state index contributed by atoms with van der Waals surface area (Å²) in [4.78, 5) is 4.33. The molecule has 0 spiro atoms. The fourth-order valence-corrected chi connectivity index (χ4v) is 6.05. The SMILES string of the molecule is CN1CCc2cc(N(C)C)c(S(=O)(=O)c3ccc(Cc4cc(F)cc(C(F)(F)F)c4)cc3)cc2CC1. The minimum atomic E-state index is -4.65. The van der Waals surface area contributed by atoms with Crippen LogP contribution >= 0.6 is 0 Å². The van der Waals surface area contributed by atoms with E-state index < -0.39 is 27.4 Å². The Hall–Kier alpha value is -2.91. The second-order valence-corrected chi connectivity index (χ2v) is 11.4. The minimum Gasteiger partial charge on any atom is -0.377 e. The molecular formula is C27H28F4N2O2S. The zero-order chi connectivity index (χ0) is 26.3. The number of nitrogens with zero attached hydrogens (tertiary/aromatic N) is 2. The largest absolute Gasteiger partial charge is 0.416 e. The Labute approximate surface area is 209 Å². The van der Waals surface area contributed by atoms with Gasteiger partial charge in [0.1, 0.15) is 5.82 Å². The van der Waals surface area contributed by atoms with Crippen LogP contribution < -0.4 is 4.90 Å². The number of hydrogen-bond acceptors (Lipinski definition) is 4. The maximum absolute atomic E-state index is 13.8. The topological polar surface area (TPSA) is 40.6 Å². The van der Waals surface area contributed by atoms with Gasteiger partial charge in [-0.25, -0.2) is 12.8 Å². The van der Waals surface area contributed by atoms with Gasteiger partial charge in [0.15, 0.2) is 0 Å². The van der Waals surface area contributed by atoms with E-state index in [0.717, 1.165) is 49.2 Å². The number of hydrogen-bond donors (Lipinski definition) is 0. The fraction of sp³-hybridized carbons (Fsp3) is 0.333. The van der Waals surface area contributed by atoms with Crippen molar-refractivity contribution in [3.63, 3.8) is 0 Å². The van der Waals surface area contributed by atoms with Crippen LogP contribution in [0.1, 0.15) is 27.8 Å². The van der Waals surface area contributed by atoms with E-state index in [9.17, 15) is 26.0 Å². The molecule has 36 heavy (non-hydrogen) atoms. The normalized spacial score (nSPS) is 14.9. The number of halogens is 4.